The Bertz CT molecular complexity index is 166. The minimum absolute atomic E-state index is 0.0544. The van der Waals surface area contributed by atoms with Gasteiger partial charge in [0.15, 0.2) is 0 Å². The predicted octanol–water partition coefficient (Wildman–Crippen LogP) is 1.17. The summed E-state index contributed by atoms with van der Waals surface area (Å²) in [5.41, 5.74) is 5.80. The van der Waals surface area contributed by atoms with Gasteiger partial charge in [0.1, 0.15) is 0 Å². The quantitative estimate of drug-likeness (QED) is 0.651. The fourth-order valence-electron chi connectivity index (χ4n) is 1.32. The zero-order valence-corrected chi connectivity index (χ0v) is 8.38. The number of unbranched alkanes of at least 4 members (excludes halogenated alkanes) is 1. The van der Waals surface area contributed by atoms with E-state index in [0.29, 0.717) is 12.5 Å². The number of hydrogen-bond acceptors (Lipinski definition) is 2. The number of amides is 1. The van der Waals surface area contributed by atoms with Crippen LogP contribution in [0.3, 0.4) is 0 Å². The van der Waals surface area contributed by atoms with E-state index >= 15 is 0 Å². The molecule has 1 aliphatic rings. The van der Waals surface area contributed by atoms with Crippen LogP contribution in [0.25, 0.3) is 0 Å². The second kappa shape index (κ2) is 5.22. The molecule has 0 spiro atoms. The van der Waals surface area contributed by atoms with Gasteiger partial charge in [-0.25, -0.2) is 0 Å². The summed E-state index contributed by atoms with van der Waals surface area (Å²) in [6.07, 6.45) is 6.03. The molecule has 1 amide bonds. The highest BCUT2D eigenvalue weighted by molar-refractivity contribution is 5.77. The smallest absolute Gasteiger partial charge is 0.221 e. The zero-order valence-electron chi connectivity index (χ0n) is 8.38. The Balaban J connectivity index is 2.03. The van der Waals surface area contributed by atoms with E-state index < -0.39 is 0 Å². The van der Waals surface area contributed by atoms with Gasteiger partial charge in [0.25, 0.3) is 0 Å². The average molecular weight is 184 g/mol. The fraction of sp³-hybridized carbons (Fsp3) is 0.900. The lowest BCUT2D eigenvalue weighted by Gasteiger charge is -2.10. The number of nitrogens with one attached hydrogen (secondary N) is 1. The fourth-order valence-corrected chi connectivity index (χ4v) is 1.32. The molecule has 0 aliphatic heterocycles. The van der Waals surface area contributed by atoms with Crippen LogP contribution in [0.1, 0.15) is 45.4 Å². The van der Waals surface area contributed by atoms with Crippen LogP contribution in [0.5, 0.6) is 0 Å². The SMILES string of the molecule is CCCC[C@H](N)CC(=O)NC1CC1. The Morgan fingerprint density at radius 2 is 2.31 bits per heavy atom. The first-order valence-electron chi connectivity index (χ1n) is 5.27. The molecule has 0 aromatic carbocycles. The van der Waals surface area contributed by atoms with Crippen molar-refractivity contribution in [1.82, 2.24) is 5.32 Å². The lowest BCUT2D eigenvalue weighted by atomic mass is 10.1. The van der Waals surface area contributed by atoms with Gasteiger partial charge in [0.05, 0.1) is 0 Å². The van der Waals surface area contributed by atoms with Gasteiger partial charge in [0, 0.05) is 18.5 Å². The van der Waals surface area contributed by atoms with Gasteiger partial charge in [-0.3, -0.25) is 4.79 Å². The summed E-state index contributed by atoms with van der Waals surface area (Å²) < 4.78 is 0. The molecule has 1 rings (SSSR count). The Labute approximate surface area is 80.1 Å². The molecule has 0 bridgehead atoms. The van der Waals surface area contributed by atoms with Gasteiger partial charge in [-0.1, -0.05) is 19.8 Å². The monoisotopic (exact) mass is 184 g/mol. The highest BCUT2D eigenvalue weighted by Crippen LogP contribution is 2.18. The lowest BCUT2D eigenvalue weighted by molar-refractivity contribution is -0.121. The Kier molecular flexibility index (Phi) is 4.22. The molecule has 0 aromatic rings. The molecule has 1 atom stereocenters. The van der Waals surface area contributed by atoms with Crippen LogP contribution >= 0.6 is 0 Å². The van der Waals surface area contributed by atoms with Gasteiger partial charge in [-0.2, -0.15) is 0 Å². The molecule has 0 radical (unpaired) electrons. The standard InChI is InChI=1S/C10H20N2O/c1-2-3-4-8(11)7-10(13)12-9-5-6-9/h8-9H,2-7,11H2,1H3,(H,12,13)/t8-/m0/s1. The molecule has 3 nitrogen and oxygen atoms in total. The number of hydrogen-bond donors (Lipinski definition) is 2. The van der Waals surface area contributed by atoms with E-state index in [1.54, 1.807) is 0 Å². The minimum atomic E-state index is 0.0544. The highest BCUT2D eigenvalue weighted by atomic mass is 16.1. The second-order valence-corrected chi connectivity index (χ2v) is 3.95. The van der Waals surface area contributed by atoms with E-state index in [1.165, 1.54) is 0 Å². The van der Waals surface area contributed by atoms with Crippen molar-refractivity contribution in [2.45, 2.75) is 57.5 Å². The topological polar surface area (TPSA) is 55.1 Å². The lowest BCUT2D eigenvalue weighted by Crippen LogP contribution is -2.32. The molecule has 0 heterocycles. The predicted molar refractivity (Wildman–Crippen MR) is 53.3 cm³/mol. The molecular weight excluding hydrogens is 164 g/mol. The van der Waals surface area contributed by atoms with Crippen LogP contribution in [0.2, 0.25) is 0 Å². The largest absolute Gasteiger partial charge is 0.353 e. The summed E-state index contributed by atoms with van der Waals surface area (Å²) in [6.45, 7) is 2.14. The first kappa shape index (κ1) is 10.5. The maximum absolute atomic E-state index is 11.3. The molecule has 76 valence electrons. The molecule has 1 saturated carbocycles. The van der Waals surface area contributed by atoms with Crippen LogP contribution in [0.4, 0.5) is 0 Å². The van der Waals surface area contributed by atoms with Crippen LogP contribution in [-0.2, 0) is 4.79 Å². The molecule has 0 aromatic heterocycles. The van der Waals surface area contributed by atoms with Gasteiger partial charge in [0.2, 0.25) is 5.91 Å². The van der Waals surface area contributed by atoms with Crippen molar-refractivity contribution in [3.63, 3.8) is 0 Å². The normalized spacial score (nSPS) is 18.3. The van der Waals surface area contributed by atoms with Crippen LogP contribution in [-0.4, -0.2) is 18.0 Å². The van der Waals surface area contributed by atoms with Crippen molar-refractivity contribution >= 4 is 5.91 Å². The highest BCUT2D eigenvalue weighted by Gasteiger charge is 2.23. The summed E-state index contributed by atoms with van der Waals surface area (Å²) >= 11 is 0. The van der Waals surface area contributed by atoms with Crippen LogP contribution in [0.15, 0.2) is 0 Å². The van der Waals surface area contributed by atoms with E-state index in [1.807, 2.05) is 0 Å². The van der Waals surface area contributed by atoms with Crippen molar-refractivity contribution < 1.29 is 4.79 Å². The second-order valence-electron chi connectivity index (χ2n) is 3.95. The maximum Gasteiger partial charge on any atom is 0.221 e. The van der Waals surface area contributed by atoms with Crippen LogP contribution in [0, 0.1) is 0 Å². The third-order valence-electron chi connectivity index (χ3n) is 2.32. The number of carbonyl (C=O) groups excluding carboxylic acids is 1. The summed E-state index contributed by atoms with van der Waals surface area (Å²) in [6, 6.07) is 0.518. The van der Waals surface area contributed by atoms with E-state index in [4.69, 9.17) is 5.73 Å². The van der Waals surface area contributed by atoms with Crippen molar-refractivity contribution in [3.8, 4) is 0 Å². The molecule has 1 fully saturated rings. The first-order chi connectivity index (χ1) is 6.22. The molecule has 13 heavy (non-hydrogen) atoms. The van der Waals surface area contributed by atoms with Crippen molar-refractivity contribution in [3.05, 3.63) is 0 Å². The minimum Gasteiger partial charge on any atom is -0.353 e. The van der Waals surface area contributed by atoms with Gasteiger partial charge < -0.3 is 11.1 Å². The average Bonchev–Trinajstić information content (AvgIpc) is 2.84. The Hall–Kier alpha value is -0.570. The summed E-state index contributed by atoms with van der Waals surface area (Å²) in [7, 11) is 0. The van der Waals surface area contributed by atoms with Gasteiger partial charge in [-0.15, -0.1) is 0 Å². The van der Waals surface area contributed by atoms with Gasteiger partial charge in [-0.05, 0) is 19.3 Å². The van der Waals surface area contributed by atoms with E-state index in [0.717, 1.165) is 32.1 Å². The molecule has 3 N–H and O–H groups in total. The number of rotatable bonds is 6. The Morgan fingerprint density at radius 1 is 1.62 bits per heavy atom. The molecular formula is C10H20N2O. The maximum atomic E-state index is 11.3. The summed E-state index contributed by atoms with van der Waals surface area (Å²) in [4.78, 5) is 11.3. The van der Waals surface area contributed by atoms with Crippen molar-refractivity contribution in [2.75, 3.05) is 0 Å². The van der Waals surface area contributed by atoms with E-state index in [2.05, 4.69) is 12.2 Å². The third-order valence-corrected chi connectivity index (χ3v) is 2.32. The zero-order chi connectivity index (χ0) is 9.68. The van der Waals surface area contributed by atoms with Crippen LogP contribution < -0.4 is 11.1 Å². The number of carbonyl (C=O) groups is 1. The first-order valence-corrected chi connectivity index (χ1v) is 5.27. The molecule has 3 heteroatoms. The van der Waals surface area contributed by atoms with Crippen molar-refractivity contribution in [1.29, 1.82) is 0 Å². The Morgan fingerprint density at radius 3 is 2.85 bits per heavy atom. The van der Waals surface area contributed by atoms with E-state index in [-0.39, 0.29) is 11.9 Å². The number of nitrogens with two attached hydrogens (primary N) is 1. The van der Waals surface area contributed by atoms with Gasteiger partial charge >= 0.3 is 0 Å². The molecule has 0 saturated heterocycles. The molecule has 0 unspecified atom stereocenters. The summed E-state index contributed by atoms with van der Waals surface area (Å²) in [5.74, 6) is 0.131. The van der Waals surface area contributed by atoms with E-state index in [9.17, 15) is 4.79 Å². The van der Waals surface area contributed by atoms with Crippen molar-refractivity contribution in [2.24, 2.45) is 5.73 Å². The third kappa shape index (κ3) is 4.88. The molecule has 1 aliphatic carbocycles. The summed E-state index contributed by atoms with van der Waals surface area (Å²) in [5, 5.41) is 2.94.